The minimum Gasteiger partial charge on any atom is -0.495 e. The van der Waals surface area contributed by atoms with Gasteiger partial charge in [-0.3, -0.25) is 4.79 Å². The number of piperazine rings is 1. The summed E-state index contributed by atoms with van der Waals surface area (Å²) >= 11 is 0. The fourth-order valence-corrected chi connectivity index (χ4v) is 6.03. The van der Waals surface area contributed by atoms with Gasteiger partial charge in [-0.2, -0.15) is 4.31 Å². The van der Waals surface area contributed by atoms with Crippen LogP contribution in [0.1, 0.15) is 29.6 Å². The summed E-state index contributed by atoms with van der Waals surface area (Å²) in [7, 11) is -2.03. The molecule has 2 aromatic rings. The highest BCUT2D eigenvalue weighted by atomic mass is 32.2. The Balaban J connectivity index is 1.51. The molecule has 0 spiro atoms. The fourth-order valence-electron chi connectivity index (χ4n) is 4.32. The molecule has 7 nitrogen and oxygen atoms in total. The number of rotatable bonds is 5. The Morgan fingerprint density at radius 1 is 0.839 bits per heavy atom. The normalized spacial score (nSPS) is 18.1. The highest BCUT2D eigenvalue weighted by molar-refractivity contribution is 7.89. The minimum atomic E-state index is -3.68. The molecule has 0 radical (unpaired) electrons. The van der Waals surface area contributed by atoms with Gasteiger partial charge in [-0.25, -0.2) is 8.42 Å². The number of sulfonamides is 1. The van der Waals surface area contributed by atoms with Gasteiger partial charge in [0.25, 0.3) is 5.91 Å². The Morgan fingerprint density at radius 3 is 2.19 bits per heavy atom. The largest absolute Gasteiger partial charge is 0.495 e. The monoisotopic (exact) mass is 443 g/mol. The Hall–Kier alpha value is -2.58. The number of benzene rings is 2. The summed E-state index contributed by atoms with van der Waals surface area (Å²) < 4.78 is 33.4. The molecule has 4 rings (SSSR count). The Morgan fingerprint density at radius 2 is 1.48 bits per heavy atom. The van der Waals surface area contributed by atoms with Gasteiger partial charge >= 0.3 is 0 Å². The van der Waals surface area contributed by atoms with Gasteiger partial charge in [-0.15, -0.1) is 0 Å². The SMILES string of the molecule is COc1ccccc1N1CCN(C(=O)c2ccccc2S(=O)(=O)N2CCCCC2)CC1. The van der Waals surface area contributed by atoms with Crippen molar-refractivity contribution in [2.24, 2.45) is 0 Å². The second-order valence-electron chi connectivity index (χ2n) is 7.91. The third-order valence-corrected chi connectivity index (χ3v) is 8.00. The number of hydrogen-bond donors (Lipinski definition) is 0. The zero-order valence-corrected chi connectivity index (χ0v) is 18.7. The number of amides is 1. The predicted molar refractivity (Wildman–Crippen MR) is 120 cm³/mol. The highest BCUT2D eigenvalue weighted by Crippen LogP contribution is 2.29. The smallest absolute Gasteiger partial charge is 0.255 e. The number of anilines is 1. The molecule has 0 aromatic heterocycles. The van der Waals surface area contributed by atoms with E-state index in [0.717, 1.165) is 30.7 Å². The molecule has 8 heteroatoms. The standard InChI is InChI=1S/C23H29N3O4S/c1-30-21-11-5-4-10-20(21)24-15-17-25(18-16-24)23(27)19-9-3-6-12-22(19)31(28,29)26-13-7-2-8-14-26/h3-6,9-12H,2,7-8,13-18H2,1H3. The van der Waals surface area contributed by atoms with Crippen LogP contribution in [-0.4, -0.2) is 69.9 Å². The highest BCUT2D eigenvalue weighted by Gasteiger charge is 2.32. The van der Waals surface area contributed by atoms with Crippen molar-refractivity contribution in [2.75, 3.05) is 51.3 Å². The maximum absolute atomic E-state index is 13.3. The van der Waals surface area contributed by atoms with Gasteiger partial charge in [0.2, 0.25) is 10.0 Å². The molecular formula is C23H29N3O4S. The summed E-state index contributed by atoms with van der Waals surface area (Å²) in [5.74, 6) is 0.580. The molecule has 0 saturated carbocycles. The van der Waals surface area contributed by atoms with E-state index in [1.807, 2.05) is 24.3 Å². The lowest BCUT2D eigenvalue weighted by molar-refractivity contribution is 0.0742. The number of hydrogen-bond acceptors (Lipinski definition) is 5. The van der Waals surface area contributed by atoms with Crippen molar-refractivity contribution >= 4 is 21.6 Å². The molecule has 2 aliphatic rings. The molecule has 1 amide bonds. The van der Waals surface area contributed by atoms with Crippen LogP contribution in [0.2, 0.25) is 0 Å². The summed E-state index contributed by atoms with van der Waals surface area (Å²) in [4.78, 5) is 17.4. The van der Waals surface area contributed by atoms with Gasteiger partial charge in [0.1, 0.15) is 5.75 Å². The lowest BCUT2D eigenvalue weighted by Gasteiger charge is -2.37. The topological polar surface area (TPSA) is 70.2 Å². The van der Waals surface area contributed by atoms with E-state index in [4.69, 9.17) is 4.74 Å². The van der Waals surface area contributed by atoms with Crippen molar-refractivity contribution in [3.63, 3.8) is 0 Å². The van der Waals surface area contributed by atoms with Crippen molar-refractivity contribution in [1.82, 2.24) is 9.21 Å². The molecule has 2 aliphatic heterocycles. The van der Waals surface area contributed by atoms with Crippen LogP contribution < -0.4 is 9.64 Å². The lowest BCUT2D eigenvalue weighted by atomic mass is 10.1. The van der Waals surface area contributed by atoms with Crippen LogP contribution in [0.25, 0.3) is 0 Å². The summed E-state index contributed by atoms with van der Waals surface area (Å²) in [5, 5.41) is 0. The van der Waals surface area contributed by atoms with Crippen molar-refractivity contribution < 1.29 is 17.9 Å². The summed E-state index contributed by atoms with van der Waals surface area (Å²) in [5.41, 5.74) is 1.27. The van der Waals surface area contributed by atoms with Crippen LogP contribution in [0, 0.1) is 0 Å². The number of piperidine rings is 1. The van der Waals surface area contributed by atoms with Crippen LogP contribution in [0.5, 0.6) is 5.75 Å². The van der Waals surface area contributed by atoms with E-state index >= 15 is 0 Å². The van der Waals surface area contributed by atoms with E-state index in [1.165, 1.54) is 4.31 Å². The molecule has 0 aliphatic carbocycles. The lowest BCUT2D eigenvalue weighted by Crippen LogP contribution is -2.49. The molecule has 2 heterocycles. The van der Waals surface area contributed by atoms with Gasteiger partial charge in [0.05, 0.1) is 23.3 Å². The van der Waals surface area contributed by atoms with Crippen molar-refractivity contribution in [1.29, 1.82) is 0 Å². The molecule has 2 aromatic carbocycles. The molecule has 0 unspecified atom stereocenters. The third-order valence-electron chi connectivity index (χ3n) is 6.04. The average molecular weight is 444 g/mol. The number of ether oxygens (including phenoxy) is 1. The van der Waals surface area contributed by atoms with Crippen molar-refractivity contribution in [2.45, 2.75) is 24.2 Å². The number of carbonyl (C=O) groups is 1. The Labute approximate surface area is 184 Å². The summed E-state index contributed by atoms with van der Waals surface area (Å²) in [6, 6.07) is 14.4. The van der Waals surface area contributed by atoms with Crippen LogP contribution in [-0.2, 0) is 10.0 Å². The van der Waals surface area contributed by atoms with E-state index in [0.29, 0.717) is 39.3 Å². The third kappa shape index (κ3) is 4.41. The maximum Gasteiger partial charge on any atom is 0.255 e. The van der Waals surface area contributed by atoms with E-state index in [-0.39, 0.29) is 16.4 Å². The van der Waals surface area contributed by atoms with Crippen LogP contribution in [0.4, 0.5) is 5.69 Å². The quantitative estimate of drug-likeness (QED) is 0.711. The zero-order chi connectivity index (χ0) is 21.8. The number of nitrogens with zero attached hydrogens (tertiary/aromatic N) is 3. The molecule has 0 bridgehead atoms. The first kappa shape index (κ1) is 21.6. The van der Waals surface area contributed by atoms with E-state index in [1.54, 1.807) is 36.3 Å². The second-order valence-corrected chi connectivity index (χ2v) is 9.82. The number of carbonyl (C=O) groups excluding carboxylic acids is 1. The maximum atomic E-state index is 13.3. The summed E-state index contributed by atoms with van der Waals surface area (Å²) in [6.45, 7) is 3.40. The van der Waals surface area contributed by atoms with Crippen LogP contribution >= 0.6 is 0 Å². The second kappa shape index (κ2) is 9.28. The molecule has 2 fully saturated rings. The van der Waals surface area contributed by atoms with Gasteiger partial charge in [-0.05, 0) is 37.1 Å². The number of para-hydroxylation sites is 2. The first-order chi connectivity index (χ1) is 15.0. The van der Waals surface area contributed by atoms with Crippen LogP contribution in [0.15, 0.2) is 53.4 Å². The van der Waals surface area contributed by atoms with Crippen molar-refractivity contribution in [3.8, 4) is 5.75 Å². The molecule has 0 atom stereocenters. The first-order valence-corrected chi connectivity index (χ1v) is 12.2. The van der Waals surface area contributed by atoms with Gasteiger partial charge in [-0.1, -0.05) is 30.7 Å². The average Bonchev–Trinajstić information content (AvgIpc) is 2.84. The number of methoxy groups -OCH3 is 1. The Bertz CT molecular complexity index is 1030. The van der Waals surface area contributed by atoms with E-state index in [9.17, 15) is 13.2 Å². The van der Waals surface area contributed by atoms with Crippen molar-refractivity contribution in [3.05, 3.63) is 54.1 Å². The first-order valence-electron chi connectivity index (χ1n) is 10.8. The van der Waals surface area contributed by atoms with E-state index in [2.05, 4.69) is 4.90 Å². The fraction of sp³-hybridized carbons (Fsp3) is 0.435. The minimum absolute atomic E-state index is 0.119. The molecule has 166 valence electrons. The molecular weight excluding hydrogens is 414 g/mol. The summed E-state index contributed by atoms with van der Waals surface area (Å²) in [6.07, 6.45) is 2.77. The van der Waals surface area contributed by atoms with E-state index < -0.39 is 10.0 Å². The van der Waals surface area contributed by atoms with Gasteiger partial charge in [0.15, 0.2) is 0 Å². The zero-order valence-electron chi connectivity index (χ0n) is 17.9. The Kier molecular flexibility index (Phi) is 6.48. The van der Waals surface area contributed by atoms with Gasteiger partial charge < -0.3 is 14.5 Å². The molecule has 0 N–H and O–H groups in total. The van der Waals surface area contributed by atoms with Crippen LogP contribution in [0.3, 0.4) is 0 Å². The molecule has 2 saturated heterocycles. The van der Waals surface area contributed by atoms with Gasteiger partial charge in [0, 0.05) is 39.3 Å². The molecule has 31 heavy (non-hydrogen) atoms. The predicted octanol–water partition coefficient (Wildman–Crippen LogP) is 2.83.